The minimum atomic E-state index is -0.631. The van der Waals surface area contributed by atoms with Crippen LogP contribution in [0.1, 0.15) is 19.5 Å². The van der Waals surface area contributed by atoms with E-state index in [0.717, 1.165) is 5.69 Å². The molecule has 0 radical (unpaired) electrons. The number of thiazole rings is 1. The molecule has 0 unspecified atom stereocenters. The van der Waals surface area contributed by atoms with Gasteiger partial charge in [-0.25, -0.2) is 15.2 Å². The highest BCUT2D eigenvalue weighted by molar-refractivity contribution is 7.14. The number of carbonyl (C=O) groups is 2. The Morgan fingerprint density at radius 3 is 2.78 bits per heavy atom. The first-order valence-corrected chi connectivity index (χ1v) is 7.77. The monoisotopic (exact) mass is 332 g/mol. The molecule has 0 aliphatic heterocycles. The normalized spacial score (nSPS) is 10.5. The molecule has 0 bridgehead atoms. The molecule has 1 N–H and O–H groups in total. The highest BCUT2D eigenvalue weighted by Crippen LogP contribution is 2.28. The molecule has 120 valence electrons. The van der Waals surface area contributed by atoms with Crippen molar-refractivity contribution in [1.82, 2.24) is 10.4 Å². The van der Waals surface area contributed by atoms with Gasteiger partial charge in [-0.3, -0.25) is 9.69 Å². The number of hydrogen-bond acceptors (Lipinski definition) is 6. The Bertz CT molecular complexity index is 700. The molecule has 0 saturated heterocycles. The Balaban J connectivity index is 2.12. The number of amides is 2. The van der Waals surface area contributed by atoms with Gasteiger partial charge in [0.25, 0.3) is 0 Å². The predicted octanol–water partition coefficient (Wildman–Crippen LogP) is 2.91. The van der Waals surface area contributed by atoms with E-state index in [0.29, 0.717) is 10.8 Å². The van der Waals surface area contributed by atoms with Crippen LogP contribution in [0, 0.1) is 0 Å². The topological polar surface area (TPSA) is 83.9 Å². The van der Waals surface area contributed by atoms with Crippen molar-refractivity contribution in [2.75, 3.05) is 11.5 Å². The summed E-state index contributed by atoms with van der Waals surface area (Å²) < 4.78 is 4.68. The van der Waals surface area contributed by atoms with Crippen LogP contribution in [0.4, 0.5) is 15.6 Å². The van der Waals surface area contributed by atoms with Gasteiger partial charge >= 0.3 is 6.09 Å². The third-order valence-electron chi connectivity index (χ3n) is 2.66. The fraction of sp³-hybridized carbons (Fsp3) is 0.200. The zero-order chi connectivity index (χ0) is 16.7. The van der Waals surface area contributed by atoms with Crippen molar-refractivity contribution in [3.8, 4) is 0 Å². The molecule has 1 aromatic heterocycles. The van der Waals surface area contributed by atoms with Gasteiger partial charge in [0.15, 0.2) is 5.13 Å². The van der Waals surface area contributed by atoms with E-state index in [1.165, 1.54) is 29.4 Å². The first-order chi connectivity index (χ1) is 11.1. The van der Waals surface area contributed by atoms with Crippen molar-refractivity contribution in [1.29, 1.82) is 0 Å². The SMILES string of the molecule is CCOC(=O)N/N=C\c1csc(N(C(C)=O)c2ccccc2)n1. The van der Waals surface area contributed by atoms with Crippen LogP contribution < -0.4 is 10.3 Å². The van der Waals surface area contributed by atoms with Gasteiger partial charge in [0.05, 0.1) is 24.2 Å². The Morgan fingerprint density at radius 2 is 2.13 bits per heavy atom. The van der Waals surface area contributed by atoms with Crippen LogP contribution in [0.5, 0.6) is 0 Å². The number of para-hydroxylation sites is 1. The molecule has 2 rings (SSSR count). The van der Waals surface area contributed by atoms with Crippen LogP contribution in [-0.4, -0.2) is 29.8 Å². The number of carbonyl (C=O) groups excluding carboxylic acids is 2. The highest BCUT2D eigenvalue weighted by Gasteiger charge is 2.17. The second-order valence-corrected chi connectivity index (χ2v) is 5.17. The van der Waals surface area contributed by atoms with Crippen LogP contribution in [0.2, 0.25) is 0 Å². The standard InChI is InChI=1S/C15H16N4O3S/c1-3-22-15(21)18-16-9-12-10-23-14(17-12)19(11(2)20)13-7-5-4-6-8-13/h4-10H,3H2,1-2H3,(H,18,21)/b16-9-. The Kier molecular flexibility index (Phi) is 5.81. The minimum Gasteiger partial charge on any atom is -0.449 e. The third-order valence-corrected chi connectivity index (χ3v) is 3.50. The molecule has 0 aliphatic carbocycles. The summed E-state index contributed by atoms with van der Waals surface area (Å²) >= 11 is 1.31. The van der Waals surface area contributed by atoms with E-state index in [2.05, 4.69) is 20.2 Å². The molecule has 0 atom stereocenters. The number of nitrogens with zero attached hydrogens (tertiary/aromatic N) is 3. The Morgan fingerprint density at radius 1 is 1.39 bits per heavy atom. The lowest BCUT2D eigenvalue weighted by Crippen LogP contribution is -2.22. The third kappa shape index (κ3) is 4.62. The fourth-order valence-electron chi connectivity index (χ4n) is 1.76. The fourth-order valence-corrected chi connectivity index (χ4v) is 2.59. The number of hydrogen-bond donors (Lipinski definition) is 1. The smallest absolute Gasteiger partial charge is 0.427 e. The van der Waals surface area contributed by atoms with E-state index in [1.54, 1.807) is 12.3 Å². The van der Waals surface area contributed by atoms with Gasteiger partial charge in [-0.05, 0) is 19.1 Å². The van der Waals surface area contributed by atoms with E-state index < -0.39 is 6.09 Å². The van der Waals surface area contributed by atoms with E-state index in [1.807, 2.05) is 30.3 Å². The van der Waals surface area contributed by atoms with Gasteiger partial charge in [0.2, 0.25) is 5.91 Å². The Labute approximate surface area is 137 Å². The van der Waals surface area contributed by atoms with Gasteiger partial charge in [-0.15, -0.1) is 11.3 Å². The van der Waals surface area contributed by atoms with Crippen molar-refractivity contribution < 1.29 is 14.3 Å². The van der Waals surface area contributed by atoms with Crippen LogP contribution in [-0.2, 0) is 9.53 Å². The van der Waals surface area contributed by atoms with Gasteiger partial charge < -0.3 is 4.74 Å². The van der Waals surface area contributed by atoms with Crippen LogP contribution in [0.3, 0.4) is 0 Å². The summed E-state index contributed by atoms with van der Waals surface area (Å²) in [6.45, 7) is 3.45. The lowest BCUT2D eigenvalue weighted by Gasteiger charge is -2.17. The van der Waals surface area contributed by atoms with Gasteiger partial charge in [0, 0.05) is 12.3 Å². The second-order valence-electron chi connectivity index (χ2n) is 4.34. The summed E-state index contributed by atoms with van der Waals surface area (Å²) in [5.41, 5.74) is 3.49. The van der Waals surface area contributed by atoms with Crippen LogP contribution in [0.25, 0.3) is 0 Å². The number of benzene rings is 1. The van der Waals surface area contributed by atoms with E-state index >= 15 is 0 Å². The molecule has 7 nitrogen and oxygen atoms in total. The molecule has 0 fully saturated rings. The summed E-state index contributed by atoms with van der Waals surface area (Å²) in [5, 5.41) is 6.01. The van der Waals surface area contributed by atoms with E-state index in [4.69, 9.17) is 0 Å². The zero-order valence-corrected chi connectivity index (χ0v) is 13.5. The molecule has 0 saturated carbocycles. The summed E-state index contributed by atoms with van der Waals surface area (Å²) in [5.74, 6) is -0.140. The number of aromatic nitrogens is 1. The quantitative estimate of drug-likeness (QED) is 0.674. The lowest BCUT2D eigenvalue weighted by atomic mass is 10.3. The van der Waals surface area contributed by atoms with Gasteiger partial charge in [-0.2, -0.15) is 5.10 Å². The van der Waals surface area contributed by atoms with Crippen molar-refractivity contribution in [2.24, 2.45) is 5.10 Å². The first-order valence-electron chi connectivity index (χ1n) is 6.89. The van der Waals surface area contributed by atoms with Crippen molar-refractivity contribution in [3.63, 3.8) is 0 Å². The van der Waals surface area contributed by atoms with E-state index in [9.17, 15) is 9.59 Å². The summed E-state index contributed by atoms with van der Waals surface area (Å²) in [6.07, 6.45) is 0.758. The van der Waals surface area contributed by atoms with Gasteiger partial charge in [0.1, 0.15) is 0 Å². The van der Waals surface area contributed by atoms with Crippen molar-refractivity contribution in [2.45, 2.75) is 13.8 Å². The number of hydrazone groups is 1. The number of nitrogens with one attached hydrogen (secondary N) is 1. The largest absolute Gasteiger partial charge is 0.449 e. The first kappa shape index (κ1) is 16.6. The molecular formula is C15H16N4O3S. The zero-order valence-electron chi connectivity index (χ0n) is 12.7. The molecule has 1 aromatic carbocycles. The highest BCUT2D eigenvalue weighted by atomic mass is 32.1. The van der Waals surface area contributed by atoms with Gasteiger partial charge in [-0.1, -0.05) is 18.2 Å². The number of anilines is 2. The maximum atomic E-state index is 11.9. The molecule has 23 heavy (non-hydrogen) atoms. The average Bonchev–Trinajstić information content (AvgIpc) is 2.97. The van der Waals surface area contributed by atoms with Crippen LogP contribution >= 0.6 is 11.3 Å². The molecule has 8 heteroatoms. The molecule has 0 spiro atoms. The summed E-state index contributed by atoms with van der Waals surface area (Å²) in [4.78, 5) is 28.9. The van der Waals surface area contributed by atoms with E-state index in [-0.39, 0.29) is 12.5 Å². The number of rotatable bonds is 5. The molecule has 0 aliphatic rings. The number of ether oxygens (including phenoxy) is 1. The summed E-state index contributed by atoms with van der Waals surface area (Å²) in [7, 11) is 0. The minimum absolute atomic E-state index is 0.140. The maximum absolute atomic E-state index is 11.9. The Hall–Kier alpha value is -2.74. The maximum Gasteiger partial charge on any atom is 0.427 e. The molecule has 1 heterocycles. The molecule has 2 aromatic rings. The average molecular weight is 332 g/mol. The summed E-state index contributed by atoms with van der Waals surface area (Å²) in [6, 6.07) is 9.25. The van der Waals surface area contributed by atoms with Crippen LogP contribution in [0.15, 0.2) is 40.8 Å². The second kappa shape index (κ2) is 8.04. The van der Waals surface area contributed by atoms with Crippen molar-refractivity contribution >= 4 is 40.4 Å². The molecular weight excluding hydrogens is 316 g/mol. The van der Waals surface area contributed by atoms with Crippen molar-refractivity contribution in [3.05, 3.63) is 41.4 Å². The molecule has 2 amide bonds. The lowest BCUT2D eigenvalue weighted by molar-refractivity contribution is -0.115. The predicted molar refractivity (Wildman–Crippen MR) is 89.1 cm³/mol.